The molecule has 4 nitrogen and oxygen atoms in total. The normalized spacial score (nSPS) is 11.9. The monoisotopic (exact) mass is 289 g/mol. The van der Waals surface area contributed by atoms with Gasteiger partial charge in [-0.1, -0.05) is 0 Å². The van der Waals surface area contributed by atoms with E-state index in [4.69, 9.17) is 0 Å². The molecule has 0 heterocycles. The van der Waals surface area contributed by atoms with E-state index >= 15 is 0 Å². The molecule has 0 saturated carbocycles. The minimum atomic E-state index is -4.46. The Balaban J connectivity index is 2.86. The van der Waals surface area contributed by atoms with Gasteiger partial charge in [0.15, 0.2) is 0 Å². The fraction of sp³-hybridized carbons (Fsp3) is 0.385. The number of rotatable bonds is 3. The first-order valence-electron chi connectivity index (χ1n) is 5.66. The summed E-state index contributed by atoms with van der Waals surface area (Å²) in [4.78, 5) is 23.2. The molecule has 0 aliphatic heterocycles. The number of carbonyl (C=O) groups excluding carboxylic acids is 2. The van der Waals surface area contributed by atoms with Crippen molar-refractivity contribution in [3.63, 3.8) is 0 Å². The Kier molecular flexibility index (Phi) is 4.42. The summed E-state index contributed by atoms with van der Waals surface area (Å²) < 4.78 is 41.7. The van der Waals surface area contributed by atoms with Gasteiger partial charge in [0.25, 0.3) is 5.91 Å². The van der Waals surface area contributed by atoms with Crippen molar-refractivity contribution in [2.45, 2.75) is 25.6 Å². The van der Waals surface area contributed by atoms with Gasteiger partial charge in [-0.3, -0.25) is 4.79 Å². The number of halogens is 3. The van der Waals surface area contributed by atoms with Crippen LogP contribution < -0.4 is 5.32 Å². The molecule has 0 atom stereocenters. The SMILES string of the molecule is COC(=O)C(C)(C)NC(=O)c1ccc(C(F)(F)F)cc1. The van der Waals surface area contributed by atoms with E-state index in [2.05, 4.69) is 10.1 Å². The molecule has 1 rings (SSSR count). The van der Waals surface area contributed by atoms with Crippen molar-refractivity contribution in [1.29, 1.82) is 0 Å². The first kappa shape index (κ1) is 16.0. The van der Waals surface area contributed by atoms with E-state index in [1.54, 1.807) is 0 Å². The molecule has 110 valence electrons. The van der Waals surface area contributed by atoms with Crippen molar-refractivity contribution in [3.8, 4) is 0 Å². The van der Waals surface area contributed by atoms with Crippen LogP contribution >= 0.6 is 0 Å². The zero-order chi connectivity index (χ0) is 15.6. The van der Waals surface area contributed by atoms with Gasteiger partial charge >= 0.3 is 12.1 Å². The molecule has 0 unspecified atom stereocenters. The lowest BCUT2D eigenvalue weighted by molar-refractivity contribution is -0.146. The van der Waals surface area contributed by atoms with Gasteiger partial charge in [-0.05, 0) is 38.1 Å². The summed E-state index contributed by atoms with van der Waals surface area (Å²) in [5.41, 5.74) is -2.09. The first-order chi connectivity index (χ1) is 9.08. The summed E-state index contributed by atoms with van der Waals surface area (Å²) in [6.07, 6.45) is -4.46. The molecular formula is C13H14F3NO3. The Morgan fingerprint density at radius 3 is 2.00 bits per heavy atom. The predicted molar refractivity (Wildman–Crippen MR) is 65.0 cm³/mol. The average molecular weight is 289 g/mol. The Morgan fingerprint density at radius 1 is 1.10 bits per heavy atom. The molecule has 1 amide bonds. The van der Waals surface area contributed by atoms with Gasteiger partial charge in [-0.25, -0.2) is 4.79 Å². The highest BCUT2D eigenvalue weighted by Crippen LogP contribution is 2.29. The van der Waals surface area contributed by atoms with Gasteiger partial charge in [0.2, 0.25) is 0 Å². The maximum absolute atomic E-state index is 12.4. The third-order valence-corrected chi connectivity index (χ3v) is 2.60. The topological polar surface area (TPSA) is 55.4 Å². The van der Waals surface area contributed by atoms with E-state index in [9.17, 15) is 22.8 Å². The minimum Gasteiger partial charge on any atom is -0.467 e. The fourth-order valence-corrected chi connectivity index (χ4v) is 1.47. The number of alkyl halides is 3. The number of amides is 1. The molecule has 0 aromatic heterocycles. The number of benzene rings is 1. The number of methoxy groups -OCH3 is 1. The van der Waals surface area contributed by atoms with Gasteiger partial charge in [-0.2, -0.15) is 13.2 Å². The molecule has 20 heavy (non-hydrogen) atoms. The Morgan fingerprint density at radius 2 is 1.60 bits per heavy atom. The molecule has 0 saturated heterocycles. The van der Waals surface area contributed by atoms with Gasteiger partial charge < -0.3 is 10.1 Å². The molecule has 0 fully saturated rings. The van der Waals surface area contributed by atoms with Crippen LogP contribution in [0.15, 0.2) is 24.3 Å². The maximum Gasteiger partial charge on any atom is 0.416 e. The summed E-state index contributed by atoms with van der Waals surface area (Å²) in [7, 11) is 1.17. The van der Waals surface area contributed by atoms with Crippen LogP contribution in [-0.4, -0.2) is 24.5 Å². The largest absolute Gasteiger partial charge is 0.467 e. The first-order valence-corrected chi connectivity index (χ1v) is 5.66. The molecule has 1 aromatic rings. The third kappa shape index (κ3) is 3.72. The number of esters is 1. The highest BCUT2D eigenvalue weighted by molar-refractivity contribution is 5.97. The van der Waals surface area contributed by atoms with E-state index in [0.29, 0.717) is 0 Å². The fourth-order valence-electron chi connectivity index (χ4n) is 1.47. The second-order valence-electron chi connectivity index (χ2n) is 4.65. The number of carbonyl (C=O) groups is 2. The van der Waals surface area contributed by atoms with Crippen LogP contribution in [0.2, 0.25) is 0 Å². The Bertz CT molecular complexity index is 507. The molecule has 0 bridgehead atoms. The quantitative estimate of drug-likeness (QED) is 0.869. The van der Waals surface area contributed by atoms with Gasteiger partial charge in [0, 0.05) is 5.56 Å². The molecule has 0 radical (unpaired) electrons. The standard InChI is InChI=1S/C13H14F3NO3/c1-12(2,11(19)20-3)17-10(18)8-4-6-9(7-5-8)13(14,15)16/h4-7H,1-3H3,(H,17,18). The van der Waals surface area contributed by atoms with Crippen molar-refractivity contribution in [3.05, 3.63) is 35.4 Å². The number of hydrogen-bond acceptors (Lipinski definition) is 3. The van der Waals surface area contributed by atoms with E-state index < -0.39 is 29.2 Å². The zero-order valence-electron chi connectivity index (χ0n) is 11.2. The summed E-state index contributed by atoms with van der Waals surface area (Å²) in [5.74, 6) is -1.31. The Hall–Kier alpha value is -2.05. The van der Waals surface area contributed by atoms with Crippen LogP contribution in [0.4, 0.5) is 13.2 Å². The molecule has 1 N–H and O–H groups in total. The van der Waals surface area contributed by atoms with Crippen molar-refractivity contribution in [2.24, 2.45) is 0 Å². The molecular weight excluding hydrogens is 275 g/mol. The maximum atomic E-state index is 12.4. The van der Waals surface area contributed by atoms with Crippen LogP contribution in [0, 0.1) is 0 Å². The lowest BCUT2D eigenvalue weighted by Crippen LogP contribution is -2.50. The molecule has 7 heteroatoms. The van der Waals surface area contributed by atoms with E-state index in [1.165, 1.54) is 21.0 Å². The Labute approximate surface area is 113 Å². The molecule has 1 aromatic carbocycles. The number of ether oxygens (including phenoxy) is 1. The average Bonchev–Trinajstić information content (AvgIpc) is 2.36. The van der Waals surface area contributed by atoms with Crippen LogP contribution in [0.5, 0.6) is 0 Å². The van der Waals surface area contributed by atoms with Crippen LogP contribution in [-0.2, 0) is 15.7 Å². The number of nitrogens with one attached hydrogen (secondary N) is 1. The van der Waals surface area contributed by atoms with Crippen molar-refractivity contribution in [2.75, 3.05) is 7.11 Å². The van der Waals surface area contributed by atoms with Gasteiger partial charge in [0.1, 0.15) is 5.54 Å². The number of hydrogen-bond donors (Lipinski definition) is 1. The third-order valence-electron chi connectivity index (χ3n) is 2.60. The summed E-state index contributed by atoms with van der Waals surface area (Å²) in [6.45, 7) is 2.86. The lowest BCUT2D eigenvalue weighted by Gasteiger charge is -2.23. The summed E-state index contributed by atoms with van der Waals surface area (Å²) in [5, 5.41) is 2.39. The summed E-state index contributed by atoms with van der Waals surface area (Å²) >= 11 is 0. The van der Waals surface area contributed by atoms with E-state index in [-0.39, 0.29) is 5.56 Å². The molecule has 0 aliphatic carbocycles. The highest BCUT2D eigenvalue weighted by atomic mass is 19.4. The van der Waals surface area contributed by atoms with Gasteiger partial charge in [-0.15, -0.1) is 0 Å². The smallest absolute Gasteiger partial charge is 0.416 e. The van der Waals surface area contributed by atoms with E-state index in [1.807, 2.05) is 0 Å². The highest BCUT2D eigenvalue weighted by Gasteiger charge is 2.32. The molecule has 0 aliphatic rings. The lowest BCUT2D eigenvalue weighted by atomic mass is 10.0. The second kappa shape index (κ2) is 5.52. The predicted octanol–water partition coefficient (Wildman–Crippen LogP) is 2.39. The molecule has 0 spiro atoms. The minimum absolute atomic E-state index is 0.0231. The van der Waals surface area contributed by atoms with Crippen molar-refractivity contribution < 1.29 is 27.5 Å². The van der Waals surface area contributed by atoms with Crippen LogP contribution in [0.1, 0.15) is 29.8 Å². The second-order valence-corrected chi connectivity index (χ2v) is 4.65. The zero-order valence-corrected chi connectivity index (χ0v) is 11.2. The van der Waals surface area contributed by atoms with Crippen LogP contribution in [0.3, 0.4) is 0 Å². The van der Waals surface area contributed by atoms with E-state index in [0.717, 1.165) is 24.3 Å². The van der Waals surface area contributed by atoms with Gasteiger partial charge in [0.05, 0.1) is 12.7 Å². The van der Waals surface area contributed by atoms with Crippen molar-refractivity contribution in [1.82, 2.24) is 5.32 Å². The van der Waals surface area contributed by atoms with Crippen molar-refractivity contribution >= 4 is 11.9 Å². The van der Waals surface area contributed by atoms with Crippen LogP contribution in [0.25, 0.3) is 0 Å². The summed E-state index contributed by atoms with van der Waals surface area (Å²) in [6, 6.07) is 3.71.